The molecule has 1 rings (SSSR count). The average Bonchev–Trinajstić information content (AvgIpc) is 3.34. The summed E-state index contributed by atoms with van der Waals surface area (Å²) in [6, 6.07) is -1.89. The number of rotatable bonds is 11. The van der Waals surface area contributed by atoms with E-state index in [-0.39, 0.29) is 30.4 Å². The second-order valence-corrected chi connectivity index (χ2v) is 6.95. The normalized spacial score (nSPS) is 20.8. The lowest BCUT2D eigenvalue weighted by atomic mass is 10.0. The van der Waals surface area contributed by atoms with Crippen LogP contribution < -0.4 is 10.6 Å². The van der Waals surface area contributed by atoms with Crippen molar-refractivity contribution in [2.45, 2.75) is 71.2 Å². The van der Waals surface area contributed by atoms with Crippen molar-refractivity contribution in [1.29, 1.82) is 0 Å². The third-order valence-electron chi connectivity index (χ3n) is 4.18. The van der Waals surface area contributed by atoms with Gasteiger partial charge in [0.25, 0.3) is 0 Å². The van der Waals surface area contributed by atoms with Crippen molar-refractivity contribution in [3.8, 4) is 0 Å². The van der Waals surface area contributed by atoms with E-state index in [1.54, 1.807) is 6.92 Å². The minimum absolute atomic E-state index is 0.183. The highest BCUT2D eigenvalue weighted by Gasteiger charge is 2.38. The first-order valence-electron chi connectivity index (χ1n) is 8.73. The van der Waals surface area contributed by atoms with E-state index >= 15 is 0 Å². The monoisotopic (exact) mass is 354 g/mol. The van der Waals surface area contributed by atoms with E-state index in [1.807, 2.05) is 13.8 Å². The van der Waals surface area contributed by atoms with E-state index < -0.39 is 30.2 Å². The van der Waals surface area contributed by atoms with Crippen LogP contribution in [0, 0.1) is 5.92 Å². The molecule has 7 nitrogen and oxygen atoms in total. The van der Waals surface area contributed by atoms with Gasteiger partial charge in [-0.05, 0) is 26.2 Å². The summed E-state index contributed by atoms with van der Waals surface area (Å²) in [6.45, 7) is 11.2. The number of hydrogen-bond acceptors (Lipinski definition) is 5. The molecule has 0 radical (unpaired) electrons. The topological polar surface area (TPSA) is 108 Å². The summed E-state index contributed by atoms with van der Waals surface area (Å²) >= 11 is 0. The molecule has 0 aromatic heterocycles. The molecule has 0 aromatic carbocycles. The smallest absolute Gasteiger partial charge is 0.245 e. The fourth-order valence-electron chi connectivity index (χ4n) is 2.37. The number of aliphatic hydroxyl groups is 1. The van der Waals surface area contributed by atoms with Crippen molar-refractivity contribution in [3.63, 3.8) is 0 Å². The van der Waals surface area contributed by atoms with Gasteiger partial charge in [0.05, 0.1) is 18.8 Å². The lowest BCUT2D eigenvalue weighted by Crippen LogP contribution is -2.56. The molecule has 25 heavy (non-hydrogen) atoms. The average molecular weight is 354 g/mol. The second kappa shape index (κ2) is 9.68. The number of ketones is 1. The molecule has 0 aliphatic carbocycles. The van der Waals surface area contributed by atoms with Gasteiger partial charge in [-0.3, -0.25) is 14.4 Å². The number of nitrogens with one attached hydrogen (secondary N) is 2. The highest BCUT2D eigenvalue weighted by atomic mass is 16.6. The van der Waals surface area contributed by atoms with Crippen molar-refractivity contribution in [2.75, 3.05) is 6.61 Å². The SMILES string of the molecule is C=C(C)C[C@H](NC(=O)[C@@H](NC(=O)CC(C)CC)[C@@H](C)O)C(=O)C1CO1. The molecule has 5 atom stereocenters. The predicted octanol–water partition coefficient (Wildman–Crippen LogP) is 0.707. The molecule has 1 saturated heterocycles. The highest BCUT2D eigenvalue weighted by Crippen LogP contribution is 2.16. The molecule has 0 aromatic rings. The Hall–Kier alpha value is -1.73. The Balaban J connectivity index is 2.73. The van der Waals surface area contributed by atoms with Crippen LogP contribution >= 0.6 is 0 Å². The van der Waals surface area contributed by atoms with Gasteiger partial charge in [-0.25, -0.2) is 0 Å². The fourth-order valence-corrected chi connectivity index (χ4v) is 2.37. The van der Waals surface area contributed by atoms with Crippen LogP contribution in [-0.4, -0.2) is 53.6 Å². The second-order valence-electron chi connectivity index (χ2n) is 6.95. The summed E-state index contributed by atoms with van der Waals surface area (Å²) in [5.41, 5.74) is 0.744. The maximum Gasteiger partial charge on any atom is 0.245 e. The summed E-state index contributed by atoms with van der Waals surface area (Å²) in [4.78, 5) is 36.8. The lowest BCUT2D eigenvalue weighted by Gasteiger charge is -2.24. The number of epoxide rings is 1. The number of Topliss-reactive ketones (excluding diaryl/α,β-unsaturated/α-hetero) is 1. The van der Waals surface area contributed by atoms with Gasteiger partial charge in [0.15, 0.2) is 5.78 Å². The van der Waals surface area contributed by atoms with E-state index in [9.17, 15) is 19.5 Å². The Morgan fingerprint density at radius 2 is 1.84 bits per heavy atom. The van der Waals surface area contributed by atoms with Crippen LogP contribution in [-0.2, 0) is 19.1 Å². The molecule has 1 heterocycles. The van der Waals surface area contributed by atoms with E-state index in [1.165, 1.54) is 6.92 Å². The molecule has 1 aliphatic heterocycles. The van der Waals surface area contributed by atoms with Crippen LogP contribution in [0.3, 0.4) is 0 Å². The number of amides is 2. The molecule has 7 heteroatoms. The van der Waals surface area contributed by atoms with Crippen LogP contribution in [0.4, 0.5) is 0 Å². The first-order chi connectivity index (χ1) is 11.6. The maximum absolute atomic E-state index is 12.5. The molecule has 0 spiro atoms. The zero-order valence-corrected chi connectivity index (χ0v) is 15.5. The molecule has 2 amide bonds. The van der Waals surface area contributed by atoms with E-state index in [0.29, 0.717) is 6.61 Å². The molecular weight excluding hydrogens is 324 g/mol. The van der Waals surface area contributed by atoms with E-state index in [0.717, 1.165) is 12.0 Å². The third-order valence-corrected chi connectivity index (χ3v) is 4.18. The van der Waals surface area contributed by atoms with Crippen molar-refractivity contribution in [2.24, 2.45) is 5.92 Å². The number of ether oxygens (including phenoxy) is 1. The molecule has 2 unspecified atom stereocenters. The zero-order chi connectivity index (χ0) is 19.1. The Labute approximate surface area is 149 Å². The largest absolute Gasteiger partial charge is 0.391 e. The van der Waals surface area contributed by atoms with Gasteiger partial charge in [-0.2, -0.15) is 0 Å². The third kappa shape index (κ3) is 7.36. The Kier molecular flexibility index (Phi) is 8.25. The molecule has 142 valence electrons. The molecule has 0 saturated carbocycles. The number of carbonyl (C=O) groups excluding carboxylic acids is 3. The molecule has 1 aliphatic rings. The van der Waals surface area contributed by atoms with Gasteiger partial charge in [-0.15, -0.1) is 6.58 Å². The summed E-state index contributed by atoms with van der Waals surface area (Å²) in [5, 5.41) is 15.1. The van der Waals surface area contributed by atoms with Crippen LogP contribution in [0.15, 0.2) is 12.2 Å². The number of hydrogen-bond donors (Lipinski definition) is 3. The summed E-state index contributed by atoms with van der Waals surface area (Å²) in [7, 11) is 0. The Morgan fingerprint density at radius 1 is 1.24 bits per heavy atom. The summed E-state index contributed by atoms with van der Waals surface area (Å²) < 4.78 is 4.99. The molecule has 1 fully saturated rings. The summed E-state index contributed by atoms with van der Waals surface area (Å²) in [5.74, 6) is -0.925. The highest BCUT2D eigenvalue weighted by molar-refractivity contribution is 5.95. The van der Waals surface area contributed by atoms with Crippen LogP contribution in [0.25, 0.3) is 0 Å². The maximum atomic E-state index is 12.5. The molecule has 3 N–H and O–H groups in total. The van der Waals surface area contributed by atoms with Gasteiger partial charge in [0.2, 0.25) is 11.8 Å². The fraction of sp³-hybridized carbons (Fsp3) is 0.722. The van der Waals surface area contributed by atoms with Crippen molar-refractivity contribution in [1.82, 2.24) is 10.6 Å². The van der Waals surface area contributed by atoms with Crippen LogP contribution in [0.1, 0.15) is 47.0 Å². The van der Waals surface area contributed by atoms with E-state index in [2.05, 4.69) is 17.2 Å². The Bertz CT molecular complexity index is 514. The first-order valence-corrected chi connectivity index (χ1v) is 8.73. The van der Waals surface area contributed by atoms with Crippen LogP contribution in [0.2, 0.25) is 0 Å². The van der Waals surface area contributed by atoms with E-state index in [4.69, 9.17) is 4.74 Å². The number of carbonyl (C=O) groups is 3. The van der Waals surface area contributed by atoms with Gasteiger partial charge in [0.1, 0.15) is 12.1 Å². The van der Waals surface area contributed by atoms with Gasteiger partial charge < -0.3 is 20.5 Å². The first kappa shape index (κ1) is 21.3. The zero-order valence-electron chi connectivity index (χ0n) is 15.5. The van der Waals surface area contributed by atoms with Crippen molar-refractivity contribution >= 4 is 17.6 Å². The molecule has 0 bridgehead atoms. The predicted molar refractivity (Wildman–Crippen MR) is 93.8 cm³/mol. The minimum atomic E-state index is -1.11. The van der Waals surface area contributed by atoms with Crippen LogP contribution in [0.5, 0.6) is 0 Å². The standard InChI is InChI=1S/C18H30N2O5/c1-6-11(4)8-15(22)20-16(12(5)21)18(24)19-13(7-10(2)3)17(23)14-9-25-14/h11-14,16,21H,2,6-9H2,1,3-5H3,(H,19,24)(H,20,22)/t11?,12-,13+,14?,16+/m1/s1. The minimum Gasteiger partial charge on any atom is -0.391 e. The number of aliphatic hydroxyl groups excluding tert-OH is 1. The van der Waals surface area contributed by atoms with Gasteiger partial charge >= 0.3 is 0 Å². The van der Waals surface area contributed by atoms with Gasteiger partial charge in [0, 0.05) is 6.42 Å². The summed E-state index contributed by atoms with van der Waals surface area (Å²) in [6.07, 6.45) is -0.169. The van der Waals surface area contributed by atoms with Crippen molar-refractivity contribution < 1.29 is 24.2 Å². The molecular formula is C18H30N2O5. The quantitative estimate of drug-likeness (QED) is 0.374. The lowest BCUT2D eigenvalue weighted by molar-refractivity contribution is -0.134. The Morgan fingerprint density at radius 3 is 2.28 bits per heavy atom. The van der Waals surface area contributed by atoms with Gasteiger partial charge in [-0.1, -0.05) is 25.8 Å². The van der Waals surface area contributed by atoms with Crippen molar-refractivity contribution in [3.05, 3.63) is 12.2 Å².